The van der Waals surface area contributed by atoms with E-state index in [1.165, 1.54) is 6.92 Å². The van der Waals surface area contributed by atoms with Crippen molar-refractivity contribution in [1.82, 2.24) is 0 Å². The van der Waals surface area contributed by atoms with E-state index in [4.69, 9.17) is 4.74 Å². The zero-order chi connectivity index (χ0) is 19.5. The molecule has 2 unspecified atom stereocenters. The average molecular weight is 378 g/mol. The molecule has 2 atom stereocenters. The summed E-state index contributed by atoms with van der Waals surface area (Å²) < 4.78 is 82.9. The number of alkyl halides is 6. The normalized spacial score (nSPS) is 20.2. The van der Waals surface area contributed by atoms with Crippen LogP contribution >= 0.6 is 0 Å². The van der Waals surface area contributed by atoms with Gasteiger partial charge in [-0.15, -0.1) is 0 Å². The second-order valence-electron chi connectivity index (χ2n) is 6.74. The molecule has 0 bridgehead atoms. The first kappa shape index (κ1) is 22.1. The molecule has 148 valence electrons. The summed E-state index contributed by atoms with van der Waals surface area (Å²) in [6.45, 7) is 3.14. The molecule has 1 saturated carbocycles. The standard InChI is InChI=1S/C16H24F6O3/c1-3-10(2)13(23)25-12(11-7-5-4-6-8-11)9-14(24,15(17,18)19)16(20,21)22/h10-12,24H,3-9H2,1-2H3. The summed E-state index contributed by atoms with van der Waals surface area (Å²) in [5.74, 6) is -2.11. The highest BCUT2D eigenvalue weighted by Crippen LogP contribution is 2.47. The van der Waals surface area contributed by atoms with Gasteiger partial charge in [-0.3, -0.25) is 4.79 Å². The maximum Gasteiger partial charge on any atom is 0.426 e. The Kier molecular flexibility index (Phi) is 7.18. The van der Waals surface area contributed by atoms with Gasteiger partial charge in [0.05, 0.1) is 5.92 Å². The molecule has 9 heteroatoms. The molecule has 0 aliphatic heterocycles. The third-order valence-electron chi connectivity index (χ3n) is 4.89. The summed E-state index contributed by atoms with van der Waals surface area (Å²) in [5, 5.41) is 9.45. The summed E-state index contributed by atoms with van der Waals surface area (Å²) in [5.41, 5.74) is -4.90. The Balaban J connectivity index is 3.10. The first-order valence-corrected chi connectivity index (χ1v) is 8.39. The maximum absolute atomic E-state index is 13.0. The molecule has 25 heavy (non-hydrogen) atoms. The minimum absolute atomic E-state index is 0.346. The lowest BCUT2D eigenvalue weighted by Gasteiger charge is -2.38. The van der Waals surface area contributed by atoms with E-state index in [0.717, 1.165) is 6.42 Å². The number of ether oxygens (including phenoxy) is 1. The van der Waals surface area contributed by atoms with Crippen LogP contribution in [0.2, 0.25) is 0 Å². The van der Waals surface area contributed by atoms with Gasteiger partial charge < -0.3 is 9.84 Å². The minimum Gasteiger partial charge on any atom is -0.462 e. The largest absolute Gasteiger partial charge is 0.462 e. The van der Waals surface area contributed by atoms with Crippen LogP contribution in [0.25, 0.3) is 0 Å². The van der Waals surface area contributed by atoms with Gasteiger partial charge in [-0.05, 0) is 25.2 Å². The number of hydrogen-bond donors (Lipinski definition) is 1. The van der Waals surface area contributed by atoms with Crippen molar-refractivity contribution in [2.45, 2.75) is 82.9 Å². The van der Waals surface area contributed by atoms with Crippen LogP contribution in [0.3, 0.4) is 0 Å². The van der Waals surface area contributed by atoms with Crippen molar-refractivity contribution in [1.29, 1.82) is 0 Å². The lowest BCUT2D eigenvalue weighted by molar-refractivity contribution is -0.375. The Labute approximate surface area is 142 Å². The van der Waals surface area contributed by atoms with E-state index in [2.05, 4.69) is 0 Å². The van der Waals surface area contributed by atoms with Gasteiger partial charge in [-0.2, -0.15) is 26.3 Å². The fourth-order valence-corrected chi connectivity index (χ4v) is 2.93. The molecule has 0 aromatic carbocycles. The van der Waals surface area contributed by atoms with E-state index in [0.29, 0.717) is 32.1 Å². The number of esters is 1. The van der Waals surface area contributed by atoms with E-state index in [9.17, 15) is 36.2 Å². The summed E-state index contributed by atoms with van der Waals surface area (Å²) in [4.78, 5) is 11.9. The van der Waals surface area contributed by atoms with Crippen molar-refractivity contribution in [2.24, 2.45) is 11.8 Å². The zero-order valence-electron chi connectivity index (χ0n) is 14.2. The molecule has 1 rings (SSSR count). The molecule has 0 spiro atoms. The molecule has 1 aliphatic carbocycles. The maximum atomic E-state index is 13.0. The Morgan fingerprint density at radius 1 is 1.08 bits per heavy atom. The van der Waals surface area contributed by atoms with Crippen molar-refractivity contribution in [3.05, 3.63) is 0 Å². The van der Waals surface area contributed by atoms with Gasteiger partial charge in [0.2, 0.25) is 0 Å². The van der Waals surface area contributed by atoms with Crippen molar-refractivity contribution >= 4 is 5.97 Å². The Hall–Kier alpha value is -0.990. The van der Waals surface area contributed by atoms with Crippen LogP contribution in [0.4, 0.5) is 26.3 Å². The van der Waals surface area contributed by atoms with Gasteiger partial charge in [-0.25, -0.2) is 0 Å². The highest BCUT2D eigenvalue weighted by Gasteiger charge is 2.71. The van der Waals surface area contributed by atoms with Crippen molar-refractivity contribution in [3.8, 4) is 0 Å². The topological polar surface area (TPSA) is 46.5 Å². The second-order valence-corrected chi connectivity index (χ2v) is 6.74. The predicted octanol–water partition coefficient (Wildman–Crippen LogP) is 4.77. The molecule has 0 heterocycles. The highest BCUT2D eigenvalue weighted by molar-refractivity contribution is 5.72. The number of halogens is 6. The molecule has 0 amide bonds. The van der Waals surface area contributed by atoms with Gasteiger partial charge in [0.1, 0.15) is 6.10 Å². The zero-order valence-corrected chi connectivity index (χ0v) is 14.2. The molecule has 1 fully saturated rings. The number of rotatable bonds is 6. The summed E-state index contributed by atoms with van der Waals surface area (Å²) in [6, 6.07) is 0. The van der Waals surface area contributed by atoms with Gasteiger partial charge in [-0.1, -0.05) is 33.1 Å². The molecule has 1 aliphatic rings. The monoisotopic (exact) mass is 378 g/mol. The molecule has 0 aromatic heterocycles. The first-order valence-electron chi connectivity index (χ1n) is 8.39. The van der Waals surface area contributed by atoms with Gasteiger partial charge in [0.15, 0.2) is 0 Å². The molecular formula is C16H24F6O3. The van der Waals surface area contributed by atoms with Crippen molar-refractivity contribution in [2.75, 3.05) is 0 Å². The van der Waals surface area contributed by atoms with Gasteiger partial charge in [0, 0.05) is 6.42 Å². The van der Waals surface area contributed by atoms with E-state index in [-0.39, 0.29) is 0 Å². The summed E-state index contributed by atoms with van der Waals surface area (Å²) in [7, 11) is 0. The number of carbonyl (C=O) groups excluding carboxylic acids is 1. The number of aliphatic hydroxyl groups is 1. The molecule has 0 radical (unpaired) electrons. The van der Waals surface area contributed by atoms with Crippen molar-refractivity contribution in [3.63, 3.8) is 0 Å². The van der Waals surface area contributed by atoms with Gasteiger partial charge >= 0.3 is 18.3 Å². The summed E-state index contributed by atoms with van der Waals surface area (Å²) in [6.07, 6.45) is -12.0. The van der Waals surface area contributed by atoms with Crippen LogP contribution in [0, 0.1) is 11.8 Å². The quantitative estimate of drug-likeness (QED) is 0.535. The third kappa shape index (κ3) is 5.24. The molecule has 1 N–H and O–H groups in total. The molecule has 0 saturated heterocycles. The van der Waals surface area contributed by atoms with E-state index in [1.54, 1.807) is 6.92 Å². The first-order chi connectivity index (χ1) is 11.3. The van der Waals surface area contributed by atoms with Crippen LogP contribution in [0.5, 0.6) is 0 Å². The molecular weight excluding hydrogens is 354 g/mol. The Morgan fingerprint density at radius 2 is 1.56 bits per heavy atom. The number of hydrogen-bond acceptors (Lipinski definition) is 3. The number of carbonyl (C=O) groups is 1. The van der Waals surface area contributed by atoms with E-state index in [1.807, 2.05) is 0 Å². The molecule has 0 aromatic rings. The smallest absolute Gasteiger partial charge is 0.426 e. The lowest BCUT2D eigenvalue weighted by Crippen LogP contribution is -2.59. The molecule has 3 nitrogen and oxygen atoms in total. The fraction of sp³-hybridized carbons (Fsp3) is 0.938. The highest BCUT2D eigenvalue weighted by atomic mass is 19.4. The van der Waals surface area contributed by atoms with Gasteiger partial charge in [0.25, 0.3) is 5.60 Å². The lowest BCUT2D eigenvalue weighted by atomic mass is 9.80. The Morgan fingerprint density at radius 3 is 1.96 bits per heavy atom. The Bertz CT molecular complexity index is 426. The fourth-order valence-electron chi connectivity index (χ4n) is 2.93. The average Bonchev–Trinajstić information content (AvgIpc) is 2.51. The van der Waals surface area contributed by atoms with Crippen molar-refractivity contribution < 1.29 is 41.0 Å². The predicted molar refractivity (Wildman–Crippen MR) is 77.6 cm³/mol. The van der Waals surface area contributed by atoms with Crippen LogP contribution in [-0.2, 0) is 9.53 Å². The van der Waals surface area contributed by atoms with Crippen LogP contribution in [0.1, 0.15) is 58.8 Å². The van der Waals surface area contributed by atoms with E-state index < -0.39 is 48.3 Å². The van der Waals surface area contributed by atoms with Crippen LogP contribution < -0.4 is 0 Å². The second kappa shape index (κ2) is 8.14. The third-order valence-corrected chi connectivity index (χ3v) is 4.89. The summed E-state index contributed by atoms with van der Waals surface area (Å²) >= 11 is 0. The van der Waals surface area contributed by atoms with Crippen LogP contribution in [0.15, 0.2) is 0 Å². The van der Waals surface area contributed by atoms with Crippen LogP contribution in [-0.4, -0.2) is 35.1 Å². The minimum atomic E-state index is -5.92. The van der Waals surface area contributed by atoms with E-state index >= 15 is 0 Å². The SMILES string of the molecule is CCC(C)C(=O)OC(CC(O)(C(F)(F)F)C(F)(F)F)C1CCCCC1.